The van der Waals surface area contributed by atoms with Crippen molar-refractivity contribution in [3.8, 4) is 0 Å². The topological polar surface area (TPSA) is 149 Å². The van der Waals surface area contributed by atoms with E-state index in [4.69, 9.17) is 19.3 Å². The summed E-state index contributed by atoms with van der Waals surface area (Å²) in [7, 11) is -10.3. The molecule has 0 saturated carbocycles. The van der Waals surface area contributed by atoms with Gasteiger partial charge in [-0.3, -0.25) is 9.11 Å². The average molecular weight is 368 g/mol. The molecule has 0 heterocycles. The monoisotopic (exact) mass is 368 g/mol. The Labute approximate surface area is 118 Å². The van der Waals surface area contributed by atoms with Crippen molar-refractivity contribution >= 4 is 20.2 Å². The SMILES string of the molecule is CC(F)(F)S(=O)(=O)O.CC(F)(F)S(=O)(=O)O.OCCCO. The highest BCUT2D eigenvalue weighted by atomic mass is 32.2. The summed E-state index contributed by atoms with van der Waals surface area (Å²) in [6.45, 7) is 0.387. The third-order valence-electron chi connectivity index (χ3n) is 1.22. The van der Waals surface area contributed by atoms with Gasteiger partial charge in [0.25, 0.3) is 0 Å². The molecule has 0 rings (SSSR count). The molecular formula is C7H16F4O8S2. The van der Waals surface area contributed by atoms with Crippen LogP contribution in [0.25, 0.3) is 0 Å². The third-order valence-corrected chi connectivity index (χ3v) is 3.03. The Kier molecular flexibility index (Phi) is 11.5. The van der Waals surface area contributed by atoms with Crippen LogP contribution in [0, 0.1) is 0 Å². The van der Waals surface area contributed by atoms with Gasteiger partial charge in [0.15, 0.2) is 0 Å². The average Bonchev–Trinajstić information content (AvgIpc) is 2.13. The predicted octanol–water partition coefficient (Wildman–Crippen LogP) is 0.335. The summed E-state index contributed by atoms with van der Waals surface area (Å²) < 4.78 is 98.6. The van der Waals surface area contributed by atoms with Crippen molar-refractivity contribution in [3.63, 3.8) is 0 Å². The normalized spacial score (nSPS) is 12.7. The summed E-state index contributed by atoms with van der Waals surface area (Å²) in [4.78, 5) is 0. The van der Waals surface area contributed by atoms with Crippen molar-refractivity contribution in [3.05, 3.63) is 0 Å². The molecule has 0 aliphatic carbocycles. The van der Waals surface area contributed by atoms with Crippen LogP contribution in [0.1, 0.15) is 20.3 Å². The molecule has 4 N–H and O–H groups in total. The zero-order valence-corrected chi connectivity index (χ0v) is 12.5. The molecule has 0 aromatic heterocycles. The van der Waals surface area contributed by atoms with Crippen molar-refractivity contribution in [1.29, 1.82) is 0 Å². The van der Waals surface area contributed by atoms with Gasteiger partial charge in [0.05, 0.1) is 0 Å². The van der Waals surface area contributed by atoms with Gasteiger partial charge in [-0.05, 0) is 6.42 Å². The molecule has 132 valence electrons. The molecule has 0 amide bonds. The molecule has 8 nitrogen and oxygen atoms in total. The Morgan fingerprint density at radius 2 is 0.905 bits per heavy atom. The highest BCUT2D eigenvalue weighted by molar-refractivity contribution is 7.87. The molecule has 14 heteroatoms. The van der Waals surface area contributed by atoms with Gasteiger partial charge >= 0.3 is 30.7 Å². The van der Waals surface area contributed by atoms with Gasteiger partial charge in [-0.2, -0.15) is 34.4 Å². The van der Waals surface area contributed by atoms with Gasteiger partial charge in [-0.25, -0.2) is 0 Å². The minimum absolute atomic E-state index is 0.0938. The standard InChI is InChI=1S/C3H8O2.2C2H4F2O3S/c4-2-1-3-5;2*1-2(3,4)8(5,6)7/h4-5H,1-3H2;2*1H3,(H,5,6,7). The molecule has 21 heavy (non-hydrogen) atoms. The fourth-order valence-electron chi connectivity index (χ4n) is 0.0707. The van der Waals surface area contributed by atoms with Crippen LogP contribution >= 0.6 is 0 Å². The molecule has 0 atom stereocenters. The van der Waals surface area contributed by atoms with E-state index >= 15 is 0 Å². The predicted molar refractivity (Wildman–Crippen MR) is 63.1 cm³/mol. The van der Waals surface area contributed by atoms with E-state index in [2.05, 4.69) is 0 Å². The Balaban J connectivity index is -0.000000239. The first-order valence-electron chi connectivity index (χ1n) is 4.83. The van der Waals surface area contributed by atoms with E-state index in [1.54, 1.807) is 0 Å². The fourth-order valence-corrected chi connectivity index (χ4v) is 0.0707. The Morgan fingerprint density at radius 3 is 0.905 bits per heavy atom. The highest BCUT2D eigenvalue weighted by Crippen LogP contribution is 2.18. The highest BCUT2D eigenvalue weighted by Gasteiger charge is 2.37. The number of aliphatic hydroxyl groups is 2. The summed E-state index contributed by atoms with van der Waals surface area (Å²) in [5, 5.41) is 7.74. The molecule has 0 aromatic carbocycles. The maximum Gasteiger partial charge on any atom is 0.367 e. The number of hydrogen-bond acceptors (Lipinski definition) is 6. The quantitative estimate of drug-likeness (QED) is 0.410. The third kappa shape index (κ3) is 15.7. The van der Waals surface area contributed by atoms with Crippen molar-refractivity contribution in [2.45, 2.75) is 30.8 Å². The molecule has 0 spiro atoms. The van der Waals surface area contributed by atoms with Crippen LogP contribution < -0.4 is 0 Å². The summed E-state index contributed by atoms with van der Waals surface area (Å²) in [5.74, 6) is 0. The van der Waals surface area contributed by atoms with E-state index in [9.17, 15) is 34.4 Å². The smallest absolute Gasteiger partial charge is 0.367 e. The zero-order chi connectivity index (χ0) is 18.1. The minimum atomic E-state index is -5.17. The van der Waals surface area contributed by atoms with Crippen molar-refractivity contribution in [2.24, 2.45) is 0 Å². The van der Waals surface area contributed by atoms with E-state index in [0.717, 1.165) is 0 Å². The lowest BCUT2D eigenvalue weighted by Crippen LogP contribution is -2.23. The second-order valence-electron chi connectivity index (χ2n) is 3.37. The van der Waals surface area contributed by atoms with Crippen molar-refractivity contribution in [1.82, 2.24) is 0 Å². The second-order valence-corrected chi connectivity index (χ2v) is 6.70. The zero-order valence-electron chi connectivity index (χ0n) is 10.9. The lowest BCUT2D eigenvalue weighted by molar-refractivity contribution is 0.102. The largest absolute Gasteiger partial charge is 0.396 e. The summed E-state index contributed by atoms with van der Waals surface area (Å²) in [6.07, 6.45) is 0.500. The van der Waals surface area contributed by atoms with Gasteiger partial charge in [-0.1, -0.05) is 0 Å². The summed E-state index contributed by atoms with van der Waals surface area (Å²) >= 11 is 0. The molecule has 0 bridgehead atoms. The van der Waals surface area contributed by atoms with Gasteiger partial charge in [-0.15, -0.1) is 0 Å². The van der Waals surface area contributed by atoms with E-state index in [1.165, 1.54) is 0 Å². The lowest BCUT2D eigenvalue weighted by atomic mass is 10.5. The number of hydrogen-bond donors (Lipinski definition) is 4. The van der Waals surface area contributed by atoms with E-state index < -0.39 is 30.7 Å². The van der Waals surface area contributed by atoms with Gasteiger partial charge in [0.2, 0.25) is 0 Å². The van der Waals surface area contributed by atoms with E-state index in [-0.39, 0.29) is 27.1 Å². The van der Waals surface area contributed by atoms with Crippen LogP contribution in [0.5, 0.6) is 0 Å². The number of alkyl halides is 4. The first-order valence-corrected chi connectivity index (χ1v) is 7.71. The molecule has 0 aliphatic heterocycles. The number of rotatable bonds is 4. The Hall–Kier alpha value is -0.540. The van der Waals surface area contributed by atoms with E-state index in [1.807, 2.05) is 0 Å². The van der Waals surface area contributed by atoms with Gasteiger partial charge in [0.1, 0.15) is 0 Å². The molecule has 0 unspecified atom stereocenters. The molecule has 0 saturated heterocycles. The van der Waals surface area contributed by atoms with Crippen LogP contribution in [0.4, 0.5) is 17.6 Å². The van der Waals surface area contributed by atoms with Crippen LogP contribution in [0.3, 0.4) is 0 Å². The first kappa shape index (κ1) is 25.4. The van der Waals surface area contributed by atoms with Crippen molar-refractivity contribution < 1.29 is 53.7 Å². The summed E-state index contributed by atoms with van der Waals surface area (Å²) in [5.41, 5.74) is 0. The molecular weight excluding hydrogens is 352 g/mol. The fraction of sp³-hybridized carbons (Fsp3) is 1.00. The van der Waals surface area contributed by atoms with Gasteiger partial charge < -0.3 is 10.2 Å². The van der Waals surface area contributed by atoms with Crippen LogP contribution in [0.15, 0.2) is 0 Å². The molecule has 0 fully saturated rings. The Morgan fingerprint density at radius 1 is 0.762 bits per heavy atom. The van der Waals surface area contributed by atoms with E-state index in [0.29, 0.717) is 6.42 Å². The maximum absolute atomic E-state index is 11.4. The summed E-state index contributed by atoms with van der Waals surface area (Å²) in [6, 6.07) is 0. The molecule has 0 aromatic rings. The second kappa shape index (κ2) is 9.47. The van der Waals surface area contributed by atoms with Crippen LogP contribution in [-0.2, 0) is 20.2 Å². The minimum Gasteiger partial charge on any atom is -0.396 e. The molecule has 0 radical (unpaired) electrons. The van der Waals surface area contributed by atoms with Crippen LogP contribution in [-0.4, -0.2) is 59.9 Å². The van der Waals surface area contributed by atoms with Gasteiger partial charge in [0, 0.05) is 27.1 Å². The number of halogens is 4. The maximum atomic E-state index is 11.4. The lowest BCUT2D eigenvalue weighted by Gasteiger charge is -2.02. The number of aliphatic hydroxyl groups excluding tert-OH is 2. The Bertz CT molecular complexity index is 418. The molecule has 0 aliphatic rings. The first-order chi connectivity index (χ1) is 8.91. The van der Waals surface area contributed by atoms with Crippen molar-refractivity contribution in [2.75, 3.05) is 13.2 Å². The van der Waals surface area contributed by atoms with Crippen LogP contribution in [0.2, 0.25) is 0 Å².